The first-order valence-corrected chi connectivity index (χ1v) is 7.07. The summed E-state index contributed by atoms with van der Waals surface area (Å²) in [6, 6.07) is 9.51. The molecular formula is C16H19ClN2O2. The van der Waals surface area contributed by atoms with Crippen molar-refractivity contribution in [3.05, 3.63) is 58.9 Å². The maximum Gasteiger partial charge on any atom is 0.118 e. The fraction of sp³-hybridized carbons (Fsp3) is 0.312. The number of halogens is 1. The van der Waals surface area contributed by atoms with Crippen LogP contribution >= 0.6 is 11.6 Å². The molecule has 0 aliphatic rings. The molecule has 2 aromatic rings. The minimum Gasteiger partial charge on any atom is -0.497 e. The number of aromatic nitrogens is 1. The van der Waals surface area contributed by atoms with E-state index in [0.717, 1.165) is 16.9 Å². The summed E-state index contributed by atoms with van der Waals surface area (Å²) in [4.78, 5) is 6.04. The Labute approximate surface area is 130 Å². The van der Waals surface area contributed by atoms with Gasteiger partial charge in [0.25, 0.3) is 0 Å². The Kier molecular flexibility index (Phi) is 5.56. The van der Waals surface area contributed by atoms with Gasteiger partial charge in [-0.3, -0.25) is 9.88 Å². The molecule has 0 saturated heterocycles. The second-order valence-corrected chi connectivity index (χ2v) is 5.26. The lowest BCUT2D eigenvalue weighted by atomic mass is 10.1. The molecule has 0 aliphatic heterocycles. The molecule has 0 aliphatic carbocycles. The summed E-state index contributed by atoms with van der Waals surface area (Å²) >= 11 is 6.13. The maximum atomic E-state index is 9.71. The zero-order valence-corrected chi connectivity index (χ0v) is 12.9. The molecule has 0 fully saturated rings. The number of methoxy groups -OCH3 is 1. The Hall–Kier alpha value is -1.62. The highest BCUT2D eigenvalue weighted by Crippen LogP contribution is 2.24. The number of rotatable bonds is 6. The van der Waals surface area contributed by atoms with Crippen molar-refractivity contribution in [3.63, 3.8) is 0 Å². The van der Waals surface area contributed by atoms with Crippen LogP contribution in [0.5, 0.6) is 5.75 Å². The van der Waals surface area contributed by atoms with Crippen molar-refractivity contribution < 1.29 is 9.84 Å². The molecule has 0 spiro atoms. The zero-order valence-electron chi connectivity index (χ0n) is 12.2. The predicted molar refractivity (Wildman–Crippen MR) is 83.5 cm³/mol. The minimum atomic E-state index is -0.0971. The minimum absolute atomic E-state index is 0.0333. The number of pyridine rings is 1. The van der Waals surface area contributed by atoms with Gasteiger partial charge in [0.2, 0.25) is 0 Å². The van der Waals surface area contributed by atoms with E-state index in [4.69, 9.17) is 16.3 Å². The van der Waals surface area contributed by atoms with Crippen LogP contribution in [0.2, 0.25) is 5.02 Å². The molecular weight excluding hydrogens is 288 g/mol. The zero-order chi connectivity index (χ0) is 15.2. The van der Waals surface area contributed by atoms with Crippen molar-refractivity contribution in [2.24, 2.45) is 0 Å². The lowest BCUT2D eigenvalue weighted by Gasteiger charge is -2.27. The second-order valence-electron chi connectivity index (χ2n) is 4.85. The molecule has 0 bridgehead atoms. The summed E-state index contributed by atoms with van der Waals surface area (Å²) in [7, 11) is 3.60. The summed E-state index contributed by atoms with van der Waals surface area (Å²) in [5, 5.41) is 10.3. The molecule has 2 rings (SSSR count). The first-order chi connectivity index (χ1) is 10.2. The van der Waals surface area contributed by atoms with Gasteiger partial charge < -0.3 is 9.84 Å². The van der Waals surface area contributed by atoms with Gasteiger partial charge in [0.15, 0.2) is 0 Å². The SMILES string of the molecule is COc1ccc([C@H](CO)N(C)Cc2ccncc2Cl)cc1. The van der Waals surface area contributed by atoms with Crippen molar-refractivity contribution in [2.45, 2.75) is 12.6 Å². The van der Waals surface area contributed by atoms with Crippen LogP contribution in [-0.2, 0) is 6.54 Å². The Balaban J connectivity index is 2.14. The van der Waals surface area contributed by atoms with Gasteiger partial charge in [-0.2, -0.15) is 0 Å². The van der Waals surface area contributed by atoms with Crippen LogP contribution < -0.4 is 4.74 Å². The van der Waals surface area contributed by atoms with Crippen LogP contribution in [0.4, 0.5) is 0 Å². The molecule has 1 heterocycles. The number of benzene rings is 1. The number of nitrogens with zero attached hydrogens (tertiary/aromatic N) is 2. The molecule has 0 unspecified atom stereocenters. The van der Waals surface area contributed by atoms with E-state index in [1.807, 2.05) is 37.4 Å². The molecule has 0 saturated carbocycles. The van der Waals surface area contributed by atoms with Gasteiger partial charge in [-0.05, 0) is 36.4 Å². The average molecular weight is 307 g/mol. The fourth-order valence-corrected chi connectivity index (χ4v) is 2.42. The third kappa shape index (κ3) is 3.94. The number of hydrogen-bond acceptors (Lipinski definition) is 4. The third-order valence-corrected chi connectivity index (χ3v) is 3.82. The van der Waals surface area contributed by atoms with E-state index in [1.165, 1.54) is 0 Å². The van der Waals surface area contributed by atoms with Crippen molar-refractivity contribution in [1.29, 1.82) is 0 Å². The van der Waals surface area contributed by atoms with Crippen molar-refractivity contribution in [1.82, 2.24) is 9.88 Å². The number of aliphatic hydroxyl groups is 1. The first kappa shape index (κ1) is 15.8. The predicted octanol–water partition coefficient (Wildman–Crippen LogP) is 2.91. The summed E-state index contributed by atoms with van der Waals surface area (Å²) < 4.78 is 5.15. The standard InChI is InChI=1S/C16H19ClN2O2/c1-19(10-13-7-8-18-9-15(13)17)16(11-20)12-3-5-14(21-2)6-4-12/h3-9,16,20H,10-11H2,1-2H3/t16-/m0/s1. The van der Waals surface area contributed by atoms with Gasteiger partial charge in [-0.1, -0.05) is 23.7 Å². The highest BCUT2D eigenvalue weighted by atomic mass is 35.5. The van der Waals surface area contributed by atoms with E-state index in [9.17, 15) is 5.11 Å². The fourth-order valence-electron chi connectivity index (χ4n) is 2.24. The van der Waals surface area contributed by atoms with E-state index in [0.29, 0.717) is 11.6 Å². The van der Waals surface area contributed by atoms with Gasteiger partial charge in [-0.15, -0.1) is 0 Å². The first-order valence-electron chi connectivity index (χ1n) is 6.69. The summed E-state index contributed by atoms with van der Waals surface area (Å²) in [5.41, 5.74) is 2.02. The highest BCUT2D eigenvalue weighted by Gasteiger charge is 2.17. The lowest BCUT2D eigenvalue weighted by molar-refractivity contribution is 0.142. The van der Waals surface area contributed by atoms with Crippen LogP contribution in [0.25, 0.3) is 0 Å². The molecule has 21 heavy (non-hydrogen) atoms. The maximum absolute atomic E-state index is 9.71. The Morgan fingerprint density at radius 3 is 2.57 bits per heavy atom. The van der Waals surface area contributed by atoms with E-state index in [-0.39, 0.29) is 12.6 Å². The molecule has 1 aromatic heterocycles. The molecule has 112 valence electrons. The van der Waals surface area contributed by atoms with Gasteiger partial charge >= 0.3 is 0 Å². The van der Waals surface area contributed by atoms with Crippen LogP contribution in [-0.4, -0.2) is 35.8 Å². The lowest BCUT2D eigenvalue weighted by Crippen LogP contribution is -2.27. The van der Waals surface area contributed by atoms with Gasteiger partial charge in [0.1, 0.15) is 5.75 Å². The van der Waals surface area contributed by atoms with E-state index >= 15 is 0 Å². The van der Waals surface area contributed by atoms with Crippen molar-refractivity contribution in [3.8, 4) is 5.75 Å². The number of aliphatic hydroxyl groups excluding tert-OH is 1. The number of hydrogen-bond donors (Lipinski definition) is 1. The number of likely N-dealkylation sites (N-methyl/N-ethyl adjacent to an activating group) is 1. The van der Waals surface area contributed by atoms with Gasteiger partial charge in [0, 0.05) is 18.9 Å². The van der Waals surface area contributed by atoms with Crippen molar-refractivity contribution >= 4 is 11.6 Å². The molecule has 1 aromatic carbocycles. The highest BCUT2D eigenvalue weighted by molar-refractivity contribution is 6.31. The molecule has 5 heteroatoms. The van der Waals surface area contributed by atoms with Crippen molar-refractivity contribution in [2.75, 3.05) is 20.8 Å². The summed E-state index contributed by atoms with van der Waals surface area (Å²) in [5.74, 6) is 0.801. The van der Waals surface area contributed by atoms with Gasteiger partial charge in [0.05, 0.1) is 24.8 Å². The molecule has 0 amide bonds. The van der Waals surface area contributed by atoms with E-state index < -0.39 is 0 Å². The molecule has 1 atom stereocenters. The quantitative estimate of drug-likeness (QED) is 0.891. The summed E-state index contributed by atoms with van der Waals surface area (Å²) in [6.45, 7) is 0.671. The monoisotopic (exact) mass is 306 g/mol. The summed E-state index contributed by atoms with van der Waals surface area (Å²) in [6.07, 6.45) is 3.35. The Morgan fingerprint density at radius 1 is 1.29 bits per heavy atom. The normalized spacial score (nSPS) is 12.4. The topological polar surface area (TPSA) is 45.6 Å². The third-order valence-electron chi connectivity index (χ3n) is 3.48. The molecule has 1 N–H and O–H groups in total. The Bertz CT molecular complexity index is 575. The molecule has 4 nitrogen and oxygen atoms in total. The van der Waals surface area contributed by atoms with Gasteiger partial charge in [-0.25, -0.2) is 0 Å². The van der Waals surface area contributed by atoms with Crippen LogP contribution in [0.3, 0.4) is 0 Å². The number of ether oxygens (including phenoxy) is 1. The largest absolute Gasteiger partial charge is 0.497 e. The smallest absolute Gasteiger partial charge is 0.118 e. The van der Waals surface area contributed by atoms with Crippen LogP contribution in [0.1, 0.15) is 17.2 Å². The Morgan fingerprint density at radius 2 is 2.00 bits per heavy atom. The van der Waals surface area contributed by atoms with Crippen LogP contribution in [0, 0.1) is 0 Å². The van der Waals surface area contributed by atoms with Crippen LogP contribution in [0.15, 0.2) is 42.7 Å². The molecule has 0 radical (unpaired) electrons. The average Bonchev–Trinajstić information content (AvgIpc) is 2.51. The van der Waals surface area contributed by atoms with E-state index in [2.05, 4.69) is 9.88 Å². The second kappa shape index (κ2) is 7.41. The van der Waals surface area contributed by atoms with E-state index in [1.54, 1.807) is 19.5 Å².